The molecule has 0 atom stereocenters. The predicted octanol–water partition coefficient (Wildman–Crippen LogP) is 3.89. The zero-order valence-electron chi connectivity index (χ0n) is 11.2. The molecule has 108 valence electrons. The fourth-order valence-corrected chi connectivity index (χ4v) is 2.11. The average Bonchev–Trinajstić information content (AvgIpc) is 2.44. The monoisotopic (exact) mass is 337 g/mol. The summed E-state index contributed by atoms with van der Waals surface area (Å²) >= 11 is 16.8. The van der Waals surface area contributed by atoms with Gasteiger partial charge in [0.05, 0.1) is 15.8 Å². The highest BCUT2D eigenvalue weighted by molar-refractivity contribution is 7.80. The van der Waals surface area contributed by atoms with Crippen molar-refractivity contribution < 1.29 is 0 Å². The number of thiocarbonyl (C=S) groups is 1. The Hall–Kier alpha value is -1.62. The molecule has 0 saturated heterocycles. The summed E-state index contributed by atoms with van der Waals surface area (Å²) in [7, 11) is 0. The highest BCUT2D eigenvalue weighted by Gasteiger charge is 2.09. The number of hydrazone groups is 1. The maximum Gasteiger partial charge on any atom is 0.184 e. The van der Waals surface area contributed by atoms with Crippen LogP contribution < -0.4 is 11.2 Å². The van der Waals surface area contributed by atoms with E-state index in [1.54, 1.807) is 12.1 Å². The Morgan fingerprint density at radius 2 is 1.67 bits per heavy atom. The topological polar surface area (TPSA) is 50.4 Å². The van der Waals surface area contributed by atoms with Gasteiger partial charge in [0.25, 0.3) is 0 Å². The number of hydrogen-bond acceptors (Lipinski definition) is 2. The lowest BCUT2D eigenvalue weighted by Crippen LogP contribution is -2.26. The summed E-state index contributed by atoms with van der Waals surface area (Å²) in [6.45, 7) is 2.02. The van der Waals surface area contributed by atoms with Crippen LogP contribution in [0.25, 0.3) is 0 Å². The zero-order valence-corrected chi connectivity index (χ0v) is 13.6. The van der Waals surface area contributed by atoms with E-state index in [-0.39, 0.29) is 5.11 Å². The number of nitrogens with zero attached hydrogens (tertiary/aromatic N) is 1. The molecule has 0 saturated carbocycles. The van der Waals surface area contributed by atoms with Gasteiger partial charge in [-0.15, -0.1) is 0 Å². The van der Waals surface area contributed by atoms with Gasteiger partial charge in [-0.1, -0.05) is 59.1 Å². The van der Waals surface area contributed by atoms with Crippen LogP contribution in [0.5, 0.6) is 0 Å². The van der Waals surface area contributed by atoms with Gasteiger partial charge >= 0.3 is 0 Å². The third-order valence-corrected chi connectivity index (χ3v) is 3.63. The molecule has 21 heavy (non-hydrogen) atoms. The molecule has 0 aromatic heterocycles. The Morgan fingerprint density at radius 3 is 2.24 bits per heavy atom. The molecule has 0 radical (unpaired) electrons. The van der Waals surface area contributed by atoms with Gasteiger partial charge in [-0.2, -0.15) is 5.10 Å². The van der Waals surface area contributed by atoms with Gasteiger partial charge in [0.1, 0.15) is 0 Å². The van der Waals surface area contributed by atoms with Crippen LogP contribution in [-0.2, 0) is 0 Å². The van der Waals surface area contributed by atoms with E-state index < -0.39 is 0 Å². The molecule has 0 amide bonds. The highest BCUT2D eigenvalue weighted by Crippen LogP contribution is 2.24. The molecule has 0 fully saturated rings. The van der Waals surface area contributed by atoms with Crippen molar-refractivity contribution >= 4 is 46.2 Å². The first kappa shape index (κ1) is 15.8. The predicted molar refractivity (Wildman–Crippen MR) is 93.2 cm³/mol. The van der Waals surface area contributed by atoms with Crippen LogP contribution in [0.1, 0.15) is 16.7 Å². The zero-order chi connectivity index (χ0) is 15.4. The number of nitrogens with one attached hydrogen (secondary N) is 1. The summed E-state index contributed by atoms with van der Waals surface area (Å²) < 4.78 is 0. The number of nitrogens with two attached hydrogens (primary N) is 1. The molecule has 0 spiro atoms. The third-order valence-electron chi connectivity index (χ3n) is 2.80. The highest BCUT2D eigenvalue weighted by atomic mass is 35.5. The van der Waals surface area contributed by atoms with Crippen LogP contribution >= 0.6 is 35.4 Å². The maximum absolute atomic E-state index is 6.08. The van der Waals surface area contributed by atoms with Crippen LogP contribution in [0, 0.1) is 6.92 Å². The van der Waals surface area contributed by atoms with E-state index in [0.717, 1.165) is 16.7 Å². The van der Waals surface area contributed by atoms with Crippen molar-refractivity contribution in [1.82, 2.24) is 5.43 Å². The van der Waals surface area contributed by atoms with E-state index in [9.17, 15) is 0 Å². The van der Waals surface area contributed by atoms with Gasteiger partial charge in [-0.3, -0.25) is 5.43 Å². The van der Waals surface area contributed by atoms with Gasteiger partial charge in [0, 0.05) is 11.1 Å². The Labute approximate surface area is 138 Å². The van der Waals surface area contributed by atoms with E-state index in [2.05, 4.69) is 10.5 Å². The molecule has 2 rings (SSSR count). The molecule has 0 unspecified atom stereocenters. The van der Waals surface area contributed by atoms with Crippen molar-refractivity contribution in [1.29, 1.82) is 0 Å². The number of rotatable bonds is 3. The molecule has 0 aliphatic carbocycles. The van der Waals surface area contributed by atoms with Crippen LogP contribution in [0.4, 0.5) is 0 Å². The largest absolute Gasteiger partial charge is 0.375 e. The van der Waals surface area contributed by atoms with Crippen LogP contribution in [0.3, 0.4) is 0 Å². The average molecular weight is 338 g/mol. The van der Waals surface area contributed by atoms with E-state index in [0.29, 0.717) is 15.8 Å². The van der Waals surface area contributed by atoms with Crippen LogP contribution in [-0.4, -0.2) is 10.8 Å². The lowest BCUT2D eigenvalue weighted by molar-refractivity contribution is 1.03. The smallest absolute Gasteiger partial charge is 0.184 e. The van der Waals surface area contributed by atoms with Crippen LogP contribution in [0.15, 0.2) is 47.6 Å². The Kier molecular flexibility index (Phi) is 5.17. The normalized spacial score (nSPS) is 11.3. The second-order valence-corrected chi connectivity index (χ2v) is 5.69. The molecular formula is C15H13Cl2N3S. The molecule has 2 aromatic carbocycles. The molecular weight excluding hydrogens is 325 g/mol. The minimum atomic E-state index is 0.0969. The summed E-state index contributed by atoms with van der Waals surface area (Å²) in [4.78, 5) is 0. The van der Waals surface area contributed by atoms with Crippen LogP contribution in [0.2, 0.25) is 10.0 Å². The maximum atomic E-state index is 6.08. The molecule has 3 nitrogen and oxygen atoms in total. The number of aryl methyl sites for hydroxylation is 1. The molecule has 6 heteroatoms. The number of hydrogen-bond donors (Lipinski definition) is 2. The first-order chi connectivity index (χ1) is 9.97. The first-order valence-corrected chi connectivity index (χ1v) is 7.29. The second kappa shape index (κ2) is 6.89. The van der Waals surface area contributed by atoms with Gasteiger partial charge in [0.15, 0.2) is 5.11 Å². The summed E-state index contributed by atoms with van der Waals surface area (Å²) in [5.41, 5.74) is 11.6. The summed E-state index contributed by atoms with van der Waals surface area (Å²) in [5, 5.41) is 5.31. The first-order valence-electron chi connectivity index (χ1n) is 6.13. The van der Waals surface area contributed by atoms with E-state index in [1.807, 2.05) is 37.3 Å². The number of halogens is 2. The van der Waals surface area contributed by atoms with E-state index >= 15 is 0 Å². The van der Waals surface area contributed by atoms with Gasteiger partial charge in [-0.05, 0) is 31.3 Å². The van der Waals surface area contributed by atoms with Crippen molar-refractivity contribution in [2.75, 3.05) is 0 Å². The van der Waals surface area contributed by atoms with Crippen molar-refractivity contribution in [3.8, 4) is 0 Å². The Bertz CT molecular complexity index is 697. The van der Waals surface area contributed by atoms with Crippen molar-refractivity contribution in [3.05, 3.63) is 69.2 Å². The van der Waals surface area contributed by atoms with Gasteiger partial charge in [-0.25, -0.2) is 0 Å². The lowest BCUT2D eigenvalue weighted by Gasteiger charge is -2.09. The summed E-state index contributed by atoms with van der Waals surface area (Å²) in [6, 6.07) is 13.3. The standard InChI is InChI=1S/C15H13Cl2N3S/c1-9-2-4-10(5-3-9)14(19-20-15(18)21)11-6-7-12(16)13(17)8-11/h2-8H,1H3,(H3,18,20,21)/b19-14+. The molecule has 0 aliphatic rings. The molecule has 3 N–H and O–H groups in total. The van der Waals surface area contributed by atoms with Crippen molar-refractivity contribution in [2.45, 2.75) is 6.92 Å². The molecule has 0 heterocycles. The minimum Gasteiger partial charge on any atom is -0.375 e. The SMILES string of the molecule is Cc1ccc(/C(=N\NC(N)=S)c2ccc(Cl)c(Cl)c2)cc1. The second-order valence-electron chi connectivity index (χ2n) is 4.43. The Morgan fingerprint density at radius 1 is 1.05 bits per heavy atom. The molecule has 0 aliphatic heterocycles. The number of benzene rings is 2. The summed E-state index contributed by atoms with van der Waals surface area (Å²) in [5.74, 6) is 0. The fourth-order valence-electron chi connectivity index (χ4n) is 1.76. The molecule has 0 bridgehead atoms. The Balaban J connectivity index is 2.49. The third kappa shape index (κ3) is 4.17. The van der Waals surface area contributed by atoms with Gasteiger partial charge < -0.3 is 5.73 Å². The van der Waals surface area contributed by atoms with E-state index in [1.165, 1.54) is 0 Å². The molecule has 2 aromatic rings. The van der Waals surface area contributed by atoms with Crippen molar-refractivity contribution in [2.24, 2.45) is 10.8 Å². The lowest BCUT2D eigenvalue weighted by atomic mass is 10.0. The van der Waals surface area contributed by atoms with Gasteiger partial charge in [0.2, 0.25) is 0 Å². The minimum absolute atomic E-state index is 0.0969. The quantitative estimate of drug-likeness (QED) is 0.507. The fraction of sp³-hybridized carbons (Fsp3) is 0.0667. The van der Waals surface area contributed by atoms with Crippen molar-refractivity contribution in [3.63, 3.8) is 0 Å². The van der Waals surface area contributed by atoms with E-state index in [4.69, 9.17) is 41.2 Å². The summed E-state index contributed by atoms with van der Waals surface area (Å²) in [6.07, 6.45) is 0.